The average Bonchev–Trinajstić information content (AvgIpc) is 3.21. The number of guanidine groups is 1. The standard InChI is InChI=1S/C22H34N4O2/c23-13-16-5-4-6-17(11-16)14-24-22(25-18-7-2-1-3-8-18)26-19-9-10-20-21(12-19)28-15-27-20/h9-10,12,16-18H,1-8,11,13-15,23H2,(H2,24,25,26). The lowest BCUT2D eigenvalue weighted by Gasteiger charge is -2.28. The summed E-state index contributed by atoms with van der Waals surface area (Å²) in [5.41, 5.74) is 6.89. The van der Waals surface area contributed by atoms with Gasteiger partial charge in [0.15, 0.2) is 17.5 Å². The second-order valence-electron chi connectivity index (χ2n) is 8.50. The van der Waals surface area contributed by atoms with Crippen molar-refractivity contribution in [3.05, 3.63) is 18.2 Å². The number of hydrogen-bond acceptors (Lipinski definition) is 4. The van der Waals surface area contributed by atoms with Crippen molar-refractivity contribution in [1.82, 2.24) is 5.32 Å². The van der Waals surface area contributed by atoms with E-state index in [4.69, 9.17) is 20.2 Å². The van der Waals surface area contributed by atoms with Crippen molar-refractivity contribution < 1.29 is 9.47 Å². The molecule has 0 spiro atoms. The predicted octanol–water partition coefficient (Wildman–Crippen LogP) is 3.87. The van der Waals surface area contributed by atoms with Crippen molar-refractivity contribution in [2.75, 3.05) is 25.2 Å². The van der Waals surface area contributed by atoms with Crippen LogP contribution in [0.3, 0.4) is 0 Å². The molecule has 0 bridgehead atoms. The zero-order valence-electron chi connectivity index (χ0n) is 16.8. The van der Waals surface area contributed by atoms with Crippen LogP contribution in [0.15, 0.2) is 23.2 Å². The van der Waals surface area contributed by atoms with Gasteiger partial charge in [-0.1, -0.05) is 25.7 Å². The second kappa shape index (κ2) is 9.50. The summed E-state index contributed by atoms with van der Waals surface area (Å²) in [6, 6.07) is 6.48. The van der Waals surface area contributed by atoms with Gasteiger partial charge in [-0.05, 0) is 62.6 Å². The molecule has 4 rings (SSSR count). The minimum atomic E-state index is 0.296. The van der Waals surface area contributed by atoms with Gasteiger partial charge in [0.1, 0.15) is 0 Å². The molecule has 1 aromatic rings. The molecule has 0 aromatic heterocycles. The summed E-state index contributed by atoms with van der Waals surface area (Å²) in [5, 5.41) is 7.18. The van der Waals surface area contributed by atoms with Crippen LogP contribution in [0, 0.1) is 11.8 Å². The van der Waals surface area contributed by atoms with Gasteiger partial charge in [0.25, 0.3) is 0 Å². The Bertz CT molecular complexity index is 673. The Balaban J connectivity index is 1.43. The van der Waals surface area contributed by atoms with Gasteiger partial charge in [-0.2, -0.15) is 0 Å². The summed E-state index contributed by atoms with van der Waals surface area (Å²) in [5.74, 6) is 3.80. The molecule has 2 aliphatic carbocycles. The smallest absolute Gasteiger partial charge is 0.231 e. The molecule has 2 saturated carbocycles. The Kier molecular flexibility index (Phi) is 6.57. The number of fused-ring (bicyclic) bond motifs is 1. The first-order chi connectivity index (χ1) is 13.8. The van der Waals surface area contributed by atoms with Gasteiger partial charge in [-0.3, -0.25) is 4.99 Å². The quantitative estimate of drug-likeness (QED) is 0.529. The van der Waals surface area contributed by atoms with Crippen molar-refractivity contribution in [2.24, 2.45) is 22.6 Å². The highest BCUT2D eigenvalue weighted by atomic mass is 16.7. The van der Waals surface area contributed by atoms with Crippen LogP contribution in [-0.2, 0) is 0 Å². The van der Waals surface area contributed by atoms with Gasteiger partial charge in [-0.15, -0.1) is 0 Å². The number of nitrogens with one attached hydrogen (secondary N) is 2. The molecule has 0 saturated heterocycles. The number of aliphatic imine (C=N–C) groups is 1. The number of hydrogen-bond donors (Lipinski definition) is 3. The third-order valence-electron chi connectivity index (χ3n) is 6.31. The molecule has 2 fully saturated rings. The normalized spacial score (nSPS) is 25.5. The van der Waals surface area contributed by atoms with E-state index in [9.17, 15) is 0 Å². The van der Waals surface area contributed by atoms with Crippen LogP contribution in [-0.4, -0.2) is 31.9 Å². The molecule has 0 radical (unpaired) electrons. The van der Waals surface area contributed by atoms with Crippen molar-refractivity contribution in [2.45, 2.75) is 63.8 Å². The van der Waals surface area contributed by atoms with E-state index in [1.54, 1.807) is 0 Å². The zero-order valence-corrected chi connectivity index (χ0v) is 16.8. The molecule has 154 valence electrons. The number of anilines is 1. The highest BCUT2D eigenvalue weighted by molar-refractivity contribution is 5.94. The summed E-state index contributed by atoms with van der Waals surface area (Å²) in [4.78, 5) is 4.98. The molecule has 1 aromatic carbocycles. The van der Waals surface area contributed by atoms with Gasteiger partial charge in [0.2, 0.25) is 6.79 Å². The maximum atomic E-state index is 5.91. The van der Waals surface area contributed by atoms with Crippen molar-refractivity contribution in [3.63, 3.8) is 0 Å². The Morgan fingerprint density at radius 2 is 1.82 bits per heavy atom. The summed E-state index contributed by atoms with van der Waals surface area (Å²) in [7, 11) is 0. The maximum Gasteiger partial charge on any atom is 0.231 e. The van der Waals surface area contributed by atoms with Crippen LogP contribution in [0.1, 0.15) is 57.8 Å². The Morgan fingerprint density at radius 1 is 1.00 bits per heavy atom. The van der Waals surface area contributed by atoms with E-state index in [0.717, 1.165) is 36.2 Å². The van der Waals surface area contributed by atoms with Crippen molar-refractivity contribution in [1.29, 1.82) is 0 Å². The Morgan fingerprint density at radius 3 is 2.68 bits per heavy atom. The average molecular weight is 387 g/mol. The van der Waals surface area contributed by atoms with E-state index >= 15 is 0 Å². The van der Waals surface area contributed by atoms with Crippen LogP contribution in [0.2, 0.25) is 0 Å². The minimum Gasteiger partial charge on any atom is -0.454 e. The topological polar surface area (TPSA) is 80.9 Å². The van der Waals surface area contributed by atoms with Crippen molar-refractivity contribution >= 4 is 11.6 Å². The van der Waals surface area contributed by atoms with Crippen LogP contribution in [0.25, 0.3) is 0 Å². The largest absolute Gasteiger partial charge is 0.454 e. The zero-order chi connectivity index (χ0) is 19.2. The third kappa shape index (κ3) is 5.10. The lowest BCUT2D eigenvalue weighted by molar-refractivity contribution is 0.174. The Labute approximate surface area is 168 Å². The second-order valence-corrected chi connectivity index (χ2v) is 8.50. The molecule has 3 aliphatic rings. The summed E-state index contributed by atoms with van der Waals surface area (Å²) < 4.78 is 10.9. The lowest BCUT2D eigenvalue weighted by atomic mass is 9.81. The highest BCUT2D eigenvalue weighted by Gasteiger charge is 2.22. The minimum absolute atomic E-state index is 0.296. The first-order valence-electron chi connectivity index (χ1n) is 11.0. The molecular weight excluding hydrogens is 352 g/mol. The molecule has 1 heterocycles. The predicted molar refractivity (Wildman–Crippen MR) is 113 cm³/mol. The summed E-state index contributed by atoms with van der Waals surface area (Å²) in [6.07, 6.45) is 11.4. The summed E-state index contributed by atoms with van der Waals surface area (Å²) in [6.45, 7) is 1.97. The van der Waals surface area contributed by atoms with Crippen LogP contribution in [0.5, 0.6) is 11.5 Å². The number of ether oxygens (including phenoxy) is 2. The maximum absolute atomic E-state index is 5.91. The van der Waals surface area contributed by atoms with E-state index in [1.807, 2.05) is 18.2 Å². The molecule has 0 amide bonds. The molecule has 2 atom stereocenters. The van der Waals surface area contributed by atoms with Crippen LogP contribution >= 0.6 is 0 Å². The lowest BCUT2D eigenvalue weighted by Crippen LogP contribution is -2.40. The molecule has 28 heavy (non-hydrogen) atoms. The molecule has 1 aliphatic heterocycles. The van der Waals surface area contributed by atoms with Gasteiger partial charge in [-0.25, -0.2) is 0 Å². The van der Waals surface area contributed by atoms with Crippen LogP contribution in [0.4, 0.5) is 5.69 Å². The molecule has 6 heteroatoms. The number of benzene rings is 1. The first kappa shape index (κ1) is 19.4. The number of rotatable bonds is 5. The summed E-state index contributed by atoms with van der Waals surface area (Å²) >= 11 is 0. The number of nitrogens with zero attached hydrogens (tertiary/aromatic N) is 1. The van der Waals surface area contributed by atoms with Gasteiger partial charge in [0.05, 0.1) is 0 Å². The Hall–Kier alpha value is -1.95. The molecule has 6 nitrogen and oxygen atoms in total. The van der Waals surface area contributed by atoms with E-state index < -0.39 is 0 Å². The van der Waals surface area contributed by atoms with E-state index in [1.165, 1.54) is 57.8 Å². The molecule has 2 unspecified atom stereocenters. The SMILES string of the molecule is NCC1CCCC(CN=C(Nc2ccc3c(c2)OCO3)NC2CCCCC2)C1. The van der Waals surface area contributed by atoms with E-state index in [-0.39, 0.29) is 0 Å². The fourth-order valence-electron chi connectivity index (χ4n) is 4.68. The number of nitrogens with two attached hydrogens (primary N) is 1. The van der Waals surface area contributed by atoms with Crippen LogP contribution < -0.4 is 25.8 Å². The molecular formula is C22H34N4O2. The fourth-order valence-corrected chi connectivity index (χ4v) is 4.68. The van der Waals surface area contributed by atoms with Gasteiger partial charge >= 0.3 is 0 Å². The van der Waals surface area contributed by atoms with Crippen molar-refractivity contribution in [3.8, 4) is 11.5 Å². The van der Waals surface area contributed by atoms with E-state index in [2.05, 4.69) is 10.6 Å². The molecule has 4 N–H and O–H groups in total. The highest BCUT2D eigenvalue weighted by Crippen LogP contribution is 2.34. The fraction of sp³-hybridized carbons (Fsp3) is 0.682. The van der Waals surface area contributed by atoms with E-state index in [0.29, 0.717) is 24.7 Å². The van der Waals surface area contributed by atoms with Gasteiger partial charge in [0, 0.05) is 24.3 Å². The monoisotopic (exact) mass is 386 g/mol. The first-order valence-corrected chi connectivity index (χ1v) is 11.0. The van der Waals surface area contributed by atoms with Gasteiger partial charge < -0.3 is 25.8 Å². The third-order valence-corrected chi connectivity index (χ3v) is 6.31.